The Morgan fingerprint density at radius 1 is 1.14 bits per heavy atom. The van der Waals surface area contributed by atoms with Gasteiger partial charge in [0, 0.05) is 23.6 Å². The fourth-order valence-electron chi connectivity index (χ4n) is 2.10. The molecule has 0 radical (unpaired) electrons. The van der Waals surface area contributed by atoms with E-state index < -0.39 is 0 Å². The second-order valence-corrected chi connectivity index (χ2v) is 5.49. The molecule has 0 atom stereocenters. The fourth-order valence-corrected chi connectivity index (χ4v) is 2.10. The highest BCUT2D eigenvalue weighted by Crippen LogP contribution is 2.27. The Hall–Kier alpha value is -1.97. The molecule has 21 heavy (non-hydrogen) atoms. The summed E-state index contributed by atoms with van der Waals surface area (Å²) in [6, 6.07) is 6.45. The number of anilines is 1. The molecule has 0 aliphatic rings. The minimum atomic E-state index is -0.237. The molecule has 0 fully saturated rings. The minimum absolute atomic E-state index is 0.237. The van der Waals surface area contributed by atoms with E-state index in [2.05, 4.69) is 36.1 Å². The summed E-state index contributed by atoms with van der Waals surface area (Å²) >= 11 is 0. The number of hydrogen-bond donors (Lipinski definition) is 1. The lowest BCUT2D eigenvalue weighted by molar-refractivity contribution is 0.628. The third-order valence-electron chi connectivity index (χ3n) is 3.34. The summed E-state index contributed by atoms with van der Waals surface area (Å²) in [5.74, 6) is 1.68. The average Bonchev–Trinajstić information content (AvgIpc) is 2.47. The molecule has 1 N–H and O–H groups in total. The summed E-state index contributed by atoms with van der Waals surface area (Å²) in [6.45, 7) is 9.14. The maximum absolute atomic E-state index is 13.1. The van der Waals surface area contributed by atoms with E-state index >= 15 is 0 Å². The van der Waals surface area contributed by atoms with Gasteiger partial charge < -0.3 is 5.32 Å². The van der Waals surface area contributed by atoms with E-state index in [0.717, 1.165) is 41.4 Å². The monoisotopic (exact) mass is 287 g/mol. The first-order chi connectivity index (χ1) is 10.0. The molecule has 0 saturated heterocycles. The van der Waals surface area contributed by atoms with Crippen LogP contribution in [0.4, 0.5) is 10.2 Å². The van der Waals surface area contributed by atoms with E-state index in [1.54, 1.807) is 12.1 Å². The van der Waals surface area contributed by atoms with Crippen molar-refractivity contribution in [3.63, 3.8) is 0 Å². The SMILES string of the molecule is CCCNc1nc(C(C)C)nc(-c2ccc(F)cc2)c1C. The van der Waals surface area contributed by atoms with Gasteiger partial charge in [0.15, 0.2) is 0 Å². The predicted octanol–water partition coefficient (Wildman–Crippen LogP) is 4.54. The Labute approximate surface area is 125 Å². The summed E-state index contributed by atoms with van der Waals surface area (Å²) in [4.78, 5) is 9.28. The summed E-state index contributed by atoms with van der Waals surface area (Å²) in [5.41, 5.74) is 2.78. The van der Waals surface area contributed by atoms with Crippen LogP contribution in [-0.2, 0) is 0 Å². The molecule has 0 amide bonds. The van der Waals surface area contributed by atoms with Crippen LogP contribution >= 0.6 is 0 Å². The van der Waals surface area contributed by atoms with E-state index in [9.17, 15) is 4.39 Å². The van der Waals surface area contributed by atoms with Gasteiger partial charge in [-0.3, -0.25) is 0 Å². The number of rotatable bonds is 5. The zero-order chi connectivity index (χ0) is 15.4. The molecule has 0 unspecified atom stereocenters. The van der Waals surface area contributed by atoms with Crippen molar-refractivity contribution in [2.24, 2.45) is 0 Å². The lowest BCUT2D eigenvalue weighted by Crippen LogP contribution is -2.10. The van der Waals surface area contributed by atoms with Crippen LogP contribution in [0.25, 0.3) is 11.3 Å². The number of nitrogens with zero attached hydrogens (tertiary/aromatic N) is 2. The Balaban J connectivity index is 2.52. The Bertz CT molecular complexity index is 606. The third kappa shape index (κ3) is 3.57. The topological polar surface area (TPSA) is 37.8 Å². The highest BCUT2D eigenvalue weighted by Gasteiger charge is 2.14. The second kappa shape index (κ2) is 6.66. The zero-order valence-corrected chi connectivity index (χ0v) is 13.1. The van der Waals surface area contributed by atoms with Crippen molar-refractivity contribution in [2.75, 3.05) is 11.9 Å². The van der Waals surface area contributed by atoms with E-state index in [1.165, 1.54) is 12.1 Å². The maximum atomic E-state index is 13.1. The van der Waals surface area contributed by atoms with Gasteiger partial charge in [0.05, 0.1) is 5.69 Å². The van der Waals surface area contributed by atoms with Crippen molar-refractivity contribution < 1.29 is 4.39 Å². The van der Waals surface area contributed by atoms with Crippen molar-refractivity contribution in [1.29, 1.82) is 0 Å². The largest absolute Gasteiger partial charge is 0.370 e. The first-order valence-corrected chi connectivity index (χ1v) is 7.41. The predicted molar refractivity (Wildman–Crippen MR) is 85.0 cm³/mol. The number of nitrogens with one attached hydrogen (secondary N) is 1. The van der Waals surface area contributed by atoms with Gasteiger partial charge in [0.2, 0.25) is 0 Å². The molecule has 4 heteroatoms. The van der Waals surface area contributed by atoms with Crippen LogP contribution in [0.1, 0.15) is 44.5 Å². The molecule has 112 valence electrons. The van der Waals surface area contributed by atoms with Crippen molar-refractivity contribution in [3.05, 3.63) is 41.5 Å². The standard InChI is InChI=1S/C17H22FN3/c1-5-10-19-17-12(4)15(20-16(21-17)11(2)3)13-6-8-14(18)9-7-13/h6-9,11H,5,10H2,1-4H3,(H,19,20,21). The molecule has 0 spiro atoms. The average molecular weight is 287 g/mol. The Morgan fingerprint density at radius 2 is 1.81 bits per heavy atom. The molecule has 2 rings (SSSR count). The highest BCUT2D eigenvalue weighted by atomic mass is 19.1. The van der Waals surface area contributed by atoms with E-state index in [4.69, 9.17) is 0 Å². The first-order valence-electron chi connectivity index (χ1n) is 7.41. The maximum Gasteiger partial charge on any atom is 0.133 e. The van der Waals surface area contributed by atoms with Gasteiger partial charge in [-0.25, -0.2) is 14.4 Å². The fraction of sp³-hybridized carbons (Fsp3) is 0.412. The summed E-state index contributed by atoms with van der Waals surface area (Å²) < 4.78 is 13.1. The van der Waals surface area contributed by atoms with Crippen LogP contribution in [0.2, 0.25) is 0 Å². The lowest BCUT2D eigenvalue weighted by Gasteiger charge is -2.15. The summed E-state index contributed by atoms with van der Waals surface area (Å²) in [6.07, 6.45) is 1.03. The molecular weight excluding hydrogens is 265 g/mol. The van der Waals surface area contributed by atoms with Crippen molar-refractivity contribution in [2.45, 2.75) is 40.0 Å². The van der Waals surface area contributed by atoms with Crippen LogP contribution < -0.4 is 5.32 Å². The van der Waals surface area contributed by atoms with E-state index in [-0.39, 0.29) is 11.7 Å². The smallest absolute Gasteiger partial charge is 0.133 e. The number of hydrogen-bond acceptors (Lipinski definition) is 3. The molecule has 1 aromatic carbocycles. The van der Waals surface area contributed by atoms with Gasteiger partial charge in [0.25, 0.3) is 0 Å². The van der Waals surface area contributed by atoms with Crippen LogP contribution in [0, 0.1) is 12.7 Å². The van der Waals surface area contributed by atoms with Crippen molar-refractivity contribution in [1.82, 2.24) is 9.97 Å². The van der Waals surface area contributed by atoms with Crippen molar-refractivity contribution in [3.8, 4) is 11.3 Å². The molecule has 0 aliphatic carbocycles. The summed E-state index contributed by atoms with van der Waals surface area (Å²) in [5, 5.41) is 3.35. The number of halogens is 1. The van der Waals surface area contributed by atoms with Gasteiger partial charge in [-0.2, -0.15) is 0 Å². The van der Waals surface area contributed by atoms with Gasteiger partial charge in [-0.15, -0.1) is 0 Å². The molecule has 2 aromatic rings. The van der Waals surface area contributed by atoms with Gasteiger partial charge in [-0.1, -0.05) is 20.8 Å². The lowest BCUT2D eigenvalue weighted by atomic mass is 10.1. The molecule has 0 aliphatic heterocycles. The van der Waals surface area contributed by atoms with Crippen LogP contribution in [0.3, 0.4) is 0 Å². The molecule has 1 aromatic heterocycles. The van der Waals surface area contributed by atoms with Gasteiger partial charge in [-0.05, 0) is 37.6 Å². The second-order valence-electron chi connectivity index (χ2n) is 5.49. The Morgan fingerprint density at radius 3 is 2.38 bits per heavy atom. The zero-order valence-electron chi connectivity index (χ0n) is 13.1. The molecule has 0 saturated carbocycles. The normalized spacial score (nSPS) is 11.0. The molecule has 1 heterocycles. The van der Waals surface area contributed by atoms with Gasteiger partial charge in [0.1, 0.15) is 17.5 Å². The molecule has 3 nitrogen and oxygen atoms in total. The molecular formula is C17H22FN3. The quantitative estimate of drug-likeness (QED) is 0.877. The van der Waals surface area contributed by atoms with Crippen LogP contribution in [0.15, 0.2) is 24.3 Å². The van der Waals surface area contributed by atoms with E-state index in [0.29, 0.717) is 0 Å². The third-order valence-corrected chi connectivity index (χ3v) is 3.34. The number of benzene rings is 1. The summed E-state index contributed by atoms with van der Waals surface area (Å²) in [7, 11) is 0. The van der Waals surface area contributed by atoms with Crippen LogP contribution in [-0.4, -0.2) is 16.5 Å². The van der Waals surface area contributed by atoms with Gasteiger partial charge >= 0.3 is 0 Å². The van der Waals surface area contributed by atoms with Crippen LogP contribution in [0.5, 0.6) is 0 Å². The first kappa shape index (κ1) is 15.4. The minimum Gasteiger partial charge on any atom is -0.370 e. The Kier molecular flexibility index (Phi) is 4.89. The van der Waals surface area contributed by atoms with Crippen molar-refractivity contribution >= 4 is 5.82 Å². The highest BCUT2D eigenvalue weighted by molar-refractivity contribution is 5.68. The number of aromatic nitrogens is 2. The van der Waals surface area contributed by atoms with E-state index in [1.807, 2.05) is 6.92 Å². The molecule has 0 bridgehead atoms.